The SMILES string of the molecule is CCNC(=NCc1nc(C)c(C)o1)NCC(c1ccccc1OC)N1CCCCC1. The first kappa shape index (κ1) is 22.2. The van der Waals surface area contributed by atoms with Gasteiger partial charge in [-0.1, -0.05) is 24.6 Å². The zero-order chi connectivity index (χ0) is 21.3. The minimum atomic E-state index is 0.219. The number of aromatic nitrogens is 1. The van der Waals surface area contributed by atoms with Gasteiger partial charge in [-0.15, -0.1) is 0 Å². The van der Waals surface area contributed by atoms with Crippen LogP contribution in [0.2, 0.25) is 0 Å². The van der Waals surface area contributed by atoms with Crippen LogP contribution in [0.3, 0.4) is 0 Å². The average Bonchev–Trinajstić information content (AvgIpc) is 3.10. The Kier molecular flexibility index (Phi) is 8.13. The normalized spacial score (nSPS) is 16.3. The summed E-state index contributed by atoms with van der Waals surface area (Å²) in [7, 11) is 1.74. The number of aryl methyl sites for hydroxylation is 2. The number of nitrogens with one attached hydrogen (secondary N) is 2. The van der Waals surface area contributed by atoms with Crippen LogP contribution in [-0.4, -0.2) is 49.1 Å². The summed E-state index contributed by atoms with van der Waals surface area (Å²) in [6, 6.07) is 8.54. The van der Waals surface area contributed by atoms with Crippen LogP contribution >= 0.6 is 0 Å². The second-order valence-corrected chi connectivity index (χ2v) is 7.68. The van der Waals surface area contributed by atoms with Crippen LogP contribution in [0.25, 0.3) is 0 Å². The number of piperidine rings is 1. The van der Waals surface area contributed by atoms with E-state index in [1.807, 2.05) is 26.0 Å². The first-order valence-electron chi connectivity index (χ1n) is 10.9. The number of likely N-dealkylation sites (tertiary alicyclic amines) is 1. The molecule has 2 N–H and O–H groups in total. The van der Waals surface area contributed by atoms with Crippen molar-refractivity contribution < 1.29 is 9.15 Å². The van der Waals surface area contributed by atoms with E-state index in [2.05, 4.69) is 44.6 Å². The smallest absolute Gasteiger partial charge is 0.216 e. The molecule has 1 aliphatic heterocycles. The summed E-state index contributed by atoms with van der Waals surface area (Å²) in [4.78, 5) is 11.7. The van der Waals surface area contributed by atoms with Crippen LogP contribution in [0.4, 0.5) is 0 Å². The molecule has 1 saturated heterocycles. The minimum Gasteiger partial charge on any atom is -0.496 e. The molecular weight excluding hydrogens is 378 g/mol. The van der Waals surface area contributed by atoms with E-state index in [1.165, 1.54) is 24.8 Å². The molecule has 2 aromatic rings. The van der Waals surface area contributed by atoms with Gasteiger partial charge in [0.2, 0.25) is 5.89 Å². The van der Waals surface area contributed by atoms with Crippen LogP contribution in [0.1, 0.15) is 55.1 Å². The highest BCUT2D eigenvalue weighted by molar-refractivity contribution is 5.79. The summed E-state index contributed by atoms with van der Waals surface area (Å²) >= 11 is 0. The lowest BCUT2D eigenvalue weighted by atomic mass is 10.0. The molecule has 0 spiro atoms. The summed E-state index contributed by atoms with van der Waals surface area (Å²) < 4.78 is 11.3. The van der Waals surface area contributed by atoms with Gasteiger partial charge in [0.15, 0.2) is 5.96 Å². The quantitative estimate of drug-likeness (QED) is 0.509. The first-order chi connectivity index (χ1) is 14.6. The van der Waals surface area contributed by atoms with Crippen molar-refractivity contribution in [3.8, 4) is 5.75 Å². The number of aliphatic imine (C=N–C) groups is 1. The fourth-order valence-electron chi connectivity index (χ4n) is 3.90. The average molecular weight is 414 g/mol. The van der Waals surface area contributed by atoms with E-state index in [-0.39, 0.29) is 6.04 Å². The lowest BCUT2D eigenvalue weighted by Gasteiger charge is -2.35. The Labute approximate surface area is 179 Å². The zero-order valence-corrected chi connectivity index (χ0v) is 18.7. The molecule has 2 heterocycles. The fourth-order valence-corrected chi connectivity index (χ4v) is 3.90. The molecule has 1 fully saturated rings. The Hall–Kier alpha value is -2.54. The van der Waals surface area contributed by atoms with E-state index in [4.69, 9.17) is 9.15 Å². The summed E-state index contributed by atoms with van der Waals surface area (Å²) in [6.45, 7) is 10.1. The number of rotatable bonds is 8. The van der Waals surface area contributed by atoms with Gasteiger partial charge in [-0.25, -0.2) is 9.98 Å². The Balaban J connectivity index is 1.75. The van der Waals surface area contributed by atoms with E-state index < -0.39 is 0 Å². The van der Waals surface area contributed by atoms with Gasteiger partial charge in [0, 0.05) is 18.7 Å². The molecule has 164 valence electrons. The number of hydrogen-bond acceptors (Lipinski definition) is 5. The van der Waals surface area contributed by atoms with Crippen LogP contribution in [0, 0.1) is 13.8 Å². The van der Waals surface area contributed by atoms with Crippen molar-refractivity contribution in [2.45, 2.75) is 52.6 Å². The van der Waals surface area contributed by atoms with Gasteiger partial charge in [-0.2, -0.15) is 0 Å². The first-order valence-corrected chi connectivity index (χ1v) is 10.9. The molecule has 1 unspecified atom stereocenters. The highest BCUT2D eigenvalue weighted by atomic mass is 16.5. The molecule has 0 amide bonds. The molecule has 1 atom stereocenters. The van der Waals surface area contributed by atoms with Crippen molar-refractivity contribution in [2.24, 2.45) is 4.99 Å². The van der Waals surface area contributed by atoms with E-state index >= 15 is 0 Å². The van der Waals surface area contributed by atoms with Crippen molar-refractivity contribution in [1.82, 2.24) is 20.5 Å². The predicted molar refractivity (Wildman–Crippen MR) is 120 cm³/mol. The second kappa shape index (κ2) is 11.0. The van der Waals surface area contributed by atoms with E-state index in [9.17, 15) is 0 Å². The molecule has 0 bridgehead atoms. The van der Waals surface area contributed by atoms with Crippen molar-refractivity contribution in [3.63, 3.8) is 0 Å². The molecule has 0 saturated carbocycles. The zero-order valence-electron chi connectivity index (χ0n) is 18.7. The molecular formula is C23H35N5O2. The number of benzene rings is 1. The van der Waals surface area contributed by atoms with Crippen LogP contribution in [0.5, 0.6) is 5.75 Å². The standard InChI is InChI=1S/C23H35N5O2/c1-5-24-23(26-16-22-27-17(2)18(3)30-22)25-15-20(28-13-9-6-10-14-28)19-11-7-8-12-21(19)29-4/h7-8,11-12,20H,5-6,9-10,13-16H2,1-4H3,(H2,24,25,26). The predicted octanol–water partition coefficient (Wildman–Crippen LogP) is 3.58. The molecule has 1 aromatic heterocycles. The molecule has 1 aromatic carbocycles. The summed E-state index contributed by atoms with van der Waals surface area (Å²) in [5.41, 5.74) is 2.13. The highest BCUT2D eigenvalue weighted by Gasteiger charge is 2.25. The second-order valence-electron chi connectivity index (χ2n) is 7.68. The van der Waals surface area contributed by atoms with Crippen molar-refractivity contribution in [3.05, 3.63) is 47.2 Å². The van der Waals surface area contributed by atoms with E-state index in [0.717, 1.165) is 49.3 Å². The lowest BCUT2D eigenvalue weighted by Crippen LogP contribution is -2.44. The third-order valence-corrected chi connectivity index (χ3v) is 5.58. The number of methoxy groups -OCH3 is 1. The highest BCUT2D eigenvalue weighted by Crippen LogP contribution is 2.30. The number of oxazole rings is 1. The largest absolute Gasteiger partial charge is 0.496 e. The Morgan fingerprint density at radius 2 is 1.97 bits per heavy atom. The van der Waals surface area contributed by atoms with Gasteiger partial charge in [0.1, 0.15) is 18.1 Å². The van der Waals surface area contributed by atoms with E-state index in [1.54, 1.807) is 7.11 Å². The topological polar surface area (TPSA) is 74.9 Å². The van der Waals surface area contributed by atoms with Gasteiger partial charge < -0.3 is 19.8 Å². The molecule has 0 radical (unpaired) electrons. The third-order valence-electron chi connectivity index (χ3n) is 5.58. The molecule has 7 heteroatoms. The maximum atomic E-state index is 5.67. The summed E-state index contributed by atoms with van der Waals surface area (Å²) in [5.74, 6) is 3.18. The number of nitrogens with zero attached hydrogens (tertiary/aromatic N) is 3. The Morgan fingerprint density at radius 1 is 1.20 bits per heavy atom. The van der Waals surface area contributed by atoms with Gasteiger partial charge in [0.25, 0.3) is 0 Å². The summed E-state index contributed by atoms with van der Waals surface area (Å²) in [6.07, 6.45) is 3.78. The molecule has 30 heavy (non-hydrogen) atoms. The summed E-state index contributed by atoms with van der Waals surface area (Å²) in [5, 5.41) is 6.86. The van der Waals surface area contributed by atoms with Gasteiger partial charge in [0.05, 0.1) is 18.8 Å². The molecule has 1 aliphatic rings. The van der Waals surface area contributed by atoms with Crippen molar-refractivity contribution in [1.29, 1.82) is 0 Å². The minimum absolute atomic E-state index is 0.219. The van der Waals surface area contributed by atoms with Crippen LogP contribution < -0.4 is 15.4 Å². The van der Waals surface area contributed by atoms with Gasteiger partial charge in [-0.3, -0.25) is 4.90 Å². The van der Waals surface area contributed by atoms with Gasteiger partial charge >= 0.3 is 0 Å². The monoisotopic (exact) mass is 413 g/mol. The maximum absolute atomic E-state index is 5.67. The number of ether oxygens (including phenoxy) is 1. The molecule has 3 rings (SSSR count). The lowest BCUT2D eigenvalue weighted by molar-refractivity contribution is 0.161. The third kappa shape index (κ3) is 5.75. The Bertz CT molecular complexity index is 807. The van der Waals surface area contributed by atoms with E-state index in [0.29, 0.717) is 12.4 Å². The number of para-hydroxylation sites is 1. The fraction of sp³-hybridized carbons (Fsp3) is 0.565. The van der Waals surface area contributed by atoms with Crippen LogP contribution in [0.15, 0.2) is 33.7 Å². The maximum Gasteiger partial charge on any atom is 0.216 e. The van der Waals surface area contributed by atoms with Crippen molar-refractivity contribution >= 4 is 5.96 Å². The number of hydrogen-bond donors (Lipinski definition) is 2. The van der Waals surface area contributed by atoms with Crippen LogP contribution in [-0.2, 0) is 6.54 Å². The molecule has 0 aliphatic carbocycles. The number of guanidine groups is 1. The Morgan fingerprint density at radius 3 is 2.63 bits per heavy atom. The van der Waals surface area contributed by atoms with Gasteiger partial charge in [-0.05, 0) is 52.8 Å². The van der Waals surface area contributed by atoms with Crippen molar-refractivity contribution in [2.75, 3.05) is 33.3 Å². The molecule has 7 nitrogen and oxygen atoms in total.